The molecule has 6 nitrogen and oxygen atoms in total. The molecule has 0 unspecified atom stereocenters. The van der Waals surface area contributed by atoms with E-state index in [4.69, 9.17) is 0 Å². The van der Waals surface area contributed by atoms with Crippen LogP contribution in [0, 0.1) is 0 Å². The molecule has 0 amide bonds. The van der Waals surface area contributed by atoms with Crippen LogP contribution in [0.3, 0.4) is 0 Å². The minimum atomic E-state index is -0.139. The number of rotatable bonds is 9. The Morgan fingerprint density at radius 1 is 0.935 bits per heavy atom. The van der Waals surface area contributed by atoms with Gasteiger partial charge in [0.1, 0.15) is 5.75 Å². The monoisotopic (exact) mass is 419 g/mol. The van der Waals surface area contributed by atoms with Crippen molar-refractivity contribution in [1.82, 2.24) is 14.1 Å². The van der Waals surface area contributed by atoms with Crippen LogP contribution in [-0.2, 0) is 19.5 Å². The van der Waals surface area contributed by atoms with Gasteiger partial charge in [0.05, 0.1) is 12.0 Å². The van der Waals surface area contributed by atoms with Gasteiger partial charge in [-0.1, -0.05) is 50.1 Å². The van der Waals surface area contributed by atoms with Crippen molar-refractivity contribution < 1.29 is 15.3 Å². The Morgan fingerprint density at radius 3 is 2.55 bits per heavy atom. The molecule has 2 aromatic carbocycles. The van der Waals surface area contributed by atoms with Gasteiger partial charge >= 0.3 is 0 Å². The zero-order chi connectivity index (χ0) is 21.8. The number of imidazole rings is 1. The maximum Gasteiger partial charge on any atom is 0.235 e. The molecule has 3 N–H and O–H groups in total. The van der Waals surface area contributed by atoms with Crippen molar-refractivity contribution in [3.05, 3.63) is 60.7 Å². The summed E-state index contributed by atoms with van der Waals surface area (Å²) < 4.78 is 3.73. The fourth-order valence-corrected chi connectivity index (χ4v) is 4.28. The Bertz CT molecular complexity index is 1160. The number of nitrogens with zero attached hydrogens (tertiary/aromatic N) is 3. The van der Waals surface area contributed by atoms with Crippen LogP contribution in [0.2, 0.25) is 0 Å². The average molecular weight is 420 g/mol. The minimum Gasteiger partial charge on any atom is -0.507 e. The Hall–Kier alpha value is -3.41. The number of aromatic nitrogens is 3. The van der Waals surface area contributed by atoms with E-state index in [1.54, 1.807) is 23.2 Å². The number of benzene rings is 2. The first-order chi connectivity index (χ1) is 15.1. The van der Waals surface area contributed by atoms with E-state index in [0.717, 1.165) is 43.0 Å². The molecule has 0 saturated carbocycles. The molecule has 2 heterocycles. The molecule has 0 spiro atoms. The van der Waals surface area contributed by atoms with Crippen molar-refractivity contribution in [3.63, 3.8) is 0 Å². The Labute approximate surface area is 182 Å². The van der Waals surface area contributed by atoms with Crippen molar-refractivity contribution in [2.45, 2.75) is 52.1 Å². The van der Waals surface area contributed by atoms with Gasteiger partial charge in [-0.2, -0.15) is 0 Å². The predicted molar refractivity (Wildman–Crippen MR) is 122 cm³/mol. The molecule has 0 aliphatic rings. The first kappa shape index (κ1) is 20.8. The van der Waals surface area contributed by atoms with Crippen molar-refractivity contribution in [3.8, 4) is 28.6 Å². The Balaban J connectivity index is 1.82. The molecule has 0 aliphatic heterocycles. The Kier molecular flexibility index (Phi) is 6.16. The molecule has 6 heteroatoms. The number of phenols is 1. The van der Waals surface area contributed by atoms with E-state index in [9.17, 15) is 15.3 Å². The lowest BCUT2D eigenvalue weighted by molar-refractivity contribution is 0.366. The summed E-state index contributed by atoms with van der Waals surface area (Å²) in [5.41, 5.74) is 2.05. The number of phenolic OH excluding ortho intramolecular Hbond substituents is 1. The van der Waals surface area contributed by atoms with E-state index in [1.807, 2.05) is 41.1 Å². The van der Waals surface area contributed by atoms with Crippen LogP contribution in [0.1, 0.15) is 38.2 Å². The smallest absolute Gasteiger partial charge is 0.235 e. The molecule has 2 aromatic heterocycles. The molecule has 0 atom stereocenters. The van der Waals surface area contributed by atoms with Crippen molar-refractivity contribution in [2.75, 3.05) is 0 Å². The number of aryl methyl sites for hydroxylation is 1. The molecule has 0 aliphatic carbocycles. The van der Waals surface area contributed by atoms with Gasteiger partial charge in [0.15, 0.2) is 5.75 Å². The van der Waals surface area contributed by atoms with E-state index in [2.05, 4.69) is 11.9 Å². The van der Waals surface area contributed by atoms with Crippen LogP contribution >= 0.6 is 0 Å². The highest BCUT2D eigenvalue weighted by Crippen LogP contribution is 2.46. The molecule has 0 saturated heterocycles. The van der Waals surface area contributed by atoms with E-state index in [-0.39, 0.29) is 17.4 Å². The summed E-state index contributed by atoms with van der Waals surface area (Å²) in [5, 5.41) is 34.5. The summed E-state index contributed by atoms with van der Waals surface area (Å²) in [6.07, 6.45) is 9.79. The van der Waals surface area contributed by atoms with Crippen LogP contribution in [0.4, 0.5) is 0 Å². The predicted octanol–water partition coefficient (Wildman–Crippen LogP) is 5.44. The lowest BCUT2D eigenvalue weighted by atomic mass is 9.96. The van der Waals surface area contributed by atoms with Crippen LogP contribution in [0.5, 0.6) is 17.4 Å². The molecule has 4 aromatic rings. The van der Waals surface area contributed by atoms with Gasteiger partial charge in [-0.05, 0) is 36.1 Å². The highest BCUT2D eigenvalue weighted by molar-refractivity contribution is 6.00. The molecule has 0 fully saturated rings. The van der Waals surface area contributed by atoms with Gasteiger partial charge in [-0.25, -0.2) is 4.98 Å². The molecular weight excluding hydrogens is 390 g/mol. The van der Waals surface area contributed by atoms with Gasteiger partial charge in [0.2, 0.25) is 5.88 Å². The second kappa shape index (κ2) is 9.16. The van der Waals surface area contributed by atoms with Gasteiger partial charge < -0.3 is 24.5 Å². The lowest BCUT2D eigenvalue weighted by Gasteiger charge is -2.16. The summed E-state index contributed by atoms with van der Waals surface area (Å²) in [6.45, 7) is 3.38. The SMILES string of the molecule is CCCCCc1c(O)c(O)n(CCCn2ccnc2)c1-c1c(O)ccc2ccccc12. The van der Waals surface area contributed by atoms with E-state index in [0.29, 0.717) is 29.8 Å². The number of unbranched alkanes of at least 4 members (excludes halogenated alkanes) is 2. The topological polar surface area (TPSA) is 83.4 Å². The lowest BCUT2D eigenvalue weighted by Crippen LogP contribution is -2.05. The van der Waals surface area contributed by atoms with Crippen LogP contribution in [0.15, 0.2) is 55.1 Å². The maximum absolute atomic E-state index is 10.9. The molecule has 4 rings (SSSR count). The van der Waals surface area contributed by atoms with Crippen molar-refractivity contribution in [2.24, 2.45) is 0 Å². The number of hydrogen-bond donors (Lipinski definition) is 3. The summed E-state index contributed by atoms with van der Waals surface area (Å²) in [6, 6.07) is 11.4. The second-order valence-corrected chi connectivity index (χ2v) is 7.94. The van der Waals surface area contributed by atoms with Gasteiger partial charge in [0.25, 0.3) is 0 Å². The minimum absolute atomic E-state index is 0.0823. The fraction of sp³-hybridized carbons (Fsp3) is 0.320. The molecule has 0 radical (unpaired) electrons. The van der Waals surface area contributed by atoms with E-state index in [1.165, 1.54) is 0 Å². The third-order valence-electron chi connectivity index (χ3n) is 5.84. The highest BCUT2D eigenvalue weighted by Gasteiger charge is 2.26. The maximum atomic E-state index is 10.9. The molecule has 0 bridgehead atoms. The Morgan fingerprint density at radius 2 is 1.77 bits per heavy atom. The van der Waals surface area contributed by atoms with Gasteiger partial charge in [0, 0.05) is 36.6 Å². The first-order valence-electron chi connectivity index (χ1n) is 10.9. The average Bonchev–Trinajstić information content (AvgIpc) is 3.37. The molecular formula is C25H29N3O3. The number of hydrogen-bond acceptors (Lipinski definition) is 4. The summed E-state index contributed by atoms with van der Waals surface area (Å²) in [4.78, 5) is 4.07. The third kappa shape index (κ3) is 4.10. The van der Waals surface area contributed by atoms with E-state index < -0.39 is 0 Å². The summed E-state index contributed by atoms with van der Waals surface area (Å²) in [5.74, 6) is -0.0793. The largest absolute Gasteiger partial charge is 0.507 e. The van der Waals surface area contributed by atoms with Gasteiger partial charge in [-0.3, -0.25) is 0 Å². The number of fused-ring (bicyclic) bond motifs is 1. The van der Waals surface area contributed by atoms with Crippen LogP contribution in [-0.4, -0.2) is 29.4 Å². The normalized spacial score (nSPS) is 11.4. The zero-order valence-corrected chi connectivity index (χ0v) is 17.8. The zero-order valence-electron chi connectivity index (χ0n) is 17.8. The summed E-state index contributed by atoms with van der Waals surface area (Å²) in [7, 11) is 0. The van der Waals surface area contributed by atoms with E-state index >= 15 is 0 Å². The quantitative estimate of drug-likeness (QED) is 0.315. The van der Waals surface area contributed by atoms with Crippen molar-refractivity contribution >= 4 is 10.8 Å². The fourth-order valence-electron chi connectivity index (χ4n) is 4.28. The summed E-state index contributed by atoms with van der Waals surface area (Å²) >= 11 is 0. The second-order valence-electron chi connectivity index (χ2n) is 7.94. The van der Waals surface area contributed by atoms with Crippen LogP contribution < -0.4 is 0 Å². The molecule has 162 valence electrons. The van der Waals surface area contributed by atoms with Crippen LogP contribution in [0.25, 0.3) is 22.0 Å². The van der Waals surface area contributed by atoms with Gasteiger partial charge in [-0.15, -0.1) is 0 Å². The third-order valence-corrected chi connectivity index (χ3v) is 5.84. The standard InChI is InChI=1S/C25H29N3O3/c1-2-3-4-10-20-23(22-19-9-6-5-8-18(19)11-12-21(22)29)28(25(31)24(20)30)15-7-14-27-16-13-26-17-27/h5-6,8-9,11-13,16-17,29-31H,2-4,7,10,14-15H2,1H3. The van der Waals surface area contributed by atoms with Crippen molar-refractivity contribution in [1.29, 1.82) is 0 Å². The number of aromatic hydroxyl groups is 3. The highest BCUT2D eigenvalue weighted by atomic mass is 16.3. The molecule has 31 heavy (non-hydrogen) atoms. The first-order valence-corrected chi connectivity index (χ1v) is 10.9.